The average molecular weight is 277 g/mol. The zero-order valence-corrected chi connectivity index (χ0v) is 13.1. The molecule has 4 nitrogen and oxygen atoms in total. The third-order valence-corrected chi connectivity index (χ3v) is 3.96. The third-order valence-electron chi connectivity index (χ3n) is 3.96. The molecule has 0 spiro atoms. The highest BCUT2D eigenvalue weighted by atomic mass is 16.5. The van der Waals surface area contributed by atoms with Crippen LogP contribution in [0, 0.1) is 5.92 Å². The van der Waals surface area contributed by atoms with E-state index in [0.717, 1.165) is 26.1 Å². The van der Waals surface area contributed by atoms with Crippen LogP contribution in [0.4, 0.5) is 5.69 Å². The molecule has 20 heavy (non-hydrogen) atoms. The molecule has 0 amide bonds. The largest absolute Gasteiger partial charge is 0.376 e. The molecule has 0 aliphatic carbocycles. The van der Waals surface area contributed by atoms with E-state index in [4.69, 9.17) is 4.74 Å². The molecule has 2 heterocycles. The molecule has 0 aromatic carbocycles. The summed E-state index contributed by atoms with van der Waals surface area (Å²) in [7, 11) is 2.16. The molecule has 1 fully saturated rings. The second-order valence-electron chi connectivity index (χ2n) is 6.07. The second-order valence-corrected chi connectivity index (χ2v) is 6.07. The predicted molar refractivity (Wildman–Crippen MR) is 83.0 cm³/mol. The van der Waals surface area contributed by atoms with Gasteiger partial charge in [-0.25, -0.2) is 0 Å². The van der Waals surface area contributed by atoms with E-state index in [9.17, 15) is 0 Å². The van der Waals surface area contributed by atoms with Gasteiger partial charge in [-0.15, -0.1) is 0 Å². The number of nitrogens with one attached hydrogen (secondary N) is 1. The number of likely N-dealkylation sites (N-methyl/N-ethyl adjacent to an activating group) is 1. The van der Waals surface area contributed by atoms with Gasteiger partial charge in [0.05, 0.1) is 12.1 Å². The van der Waals surface area contributed by atoms with E-state index < -0.39 is 0 Å². The van der Waals surface area contributed by atoms with Crippen LogP contribution < -0.4 is 10.2 Å². The van der Waals surface area contributed by atoms with Crippen LogP contribution in [0.1, 0.15) is 32.8 Å². The van der Waals surface area contributed by atoms with E-state index in [1.165, 1.54) is 11.3 Å². The van der Waals surface area contributed by atoms with Crippen molar-refractivity contribution in [1.82, 2.24) is 10.3 Å². The lowest BCUT2D eigenvalue weighted by Gasteiger charge is -2.30. The first-order chi connectivity index (χ1) is 9.59. The maximum absolute atomic E-state index is 5.69. The molecular formula is C16H27N3O. The van der Waals surface area contributed by atoms with Crippen LogP contribution in [-0.4, -0.2) is 37.3 Å². The number of nitrogens with zero attached hydrogens (tertiary/aromatic N) is 2. The standard InChI is InChI=1S/C16H27N3O/c1-12(2)9-18-11-14-10-17-7-5-16(14)19(4)15-6-8-20-13(15)3/h5,7,10,12-13,15,18H,6,8-9,11H2,1-4H3. The Bertz CT molecular complexity index is 422. The minimum atomic E-state index is 0.296. The van der Waals surface area contributed by atoms with Crippen molar-refractivity contribution in [3.63, 3.8) is 0 Å². The lowest BCUT2D eigenvalue weighted by molar-refractivity contribution is 0.118. The van der Waals surface area contributed by atoms with Crippen LogP contribution >= 0.6 is 0 Å². The molecular weight excluding hydrogens is 250 g/mol. The molecule has 1 aromatic rings. The van der Waals surface area contributed by atoms with Gasteiger partial charge in [-0.1, -0.05) is 13.8 Å². The molecule has 1 N–H and O–H groups in total. The molecule has 1 aliphatic heterocycles. The van der Waals surface area contributed by atoms with Crippen molar-refractivity contribution in [1.29, 1.82) is 0 Å². The number of rotatable bonds is 6. The van der Waals surface area contributed by atoms with Crippen LogP contribution in [0.5, 0.6) is 0 Å². The summed E-state index contributed by atoms with van der Waals surface area (Å²) < 4.78 is 5.69. The van der Waals surface area contributed by atoms with Gasteiger partial charge >= 0.3 is 0 Å². The molecule has 0 saturated carbocycles. The summed E-state index contributed by atoms with van der Waals surface area (Å²) in [6.45, 7) is 9.37. The highest BCUT2D eigenvalue weighted by Crippen LogP contribution is 2.26. The molecule has 1 aliphatic rings. The van der Waals surface area contributed by atoms with Crippen molar-refractivity contribution < 1.29 is 4.74 Å². The van der Waals surface area contributed by atoms with E-state index in [1.807, 2.05) is 12.4 Å². The molecule has 112 valence electrons. The van der Waals surface area contributed by atoms with Gasteiger partial charge in [0.1, 0.15) is 0 Å². The monoisotopic (exact) mass is 277 g/mol. The Morgan fingerprint density at radius 1 is 1.50 bits per heavy atom. The Balaban J connectivity index is 2.06. The van der Waals surface area contributed by atoms with E-state index in [0.29, 0.717) is 18.1 Å². The summed E-state index contributed by atoms with van der Waals surface area (Å²) in [6.07, 6.45) is 5.24. The first-order valence-corrected chi connectivity index (χ1v) is 7.57. The molecule has 2 rings (SSSR count). The van der Waals surface area contributed by atoms with Crippen molar-refractivity contribution in [3.8, 4) is 0 Å². The quantitative estimate of drug-likeness (QED) is 0.866. The average Bonchev–Trinajstić information content (AvgIpc) is 2.84. The minimum Gasteiger partial charge on any atom is -0.376 e. The van der Waals surface area contributed by atoms with Gasteiger partial charge in [0.25, 0.3) is 0 Å². The van der Waals surface area contributed by atoms with Crippen molar-refractivity contribution in [2.24, 2.45) is 5.92 Å². The molecule has 4 heteroatoms. The Morgan fingerprint density at radius 3 is 2.95 bits per heavy atom. The molecule has 0 radical (unpaired) electrons. The maximum atomic E-state index is 5.69. The summed E-state index contributed by atoms with van der Waals surface area (Å²) in [4.78, 5) is 6.63. The Kier molecular flexibility index (Phi) is 5.38. The SMILES string of the molecule is CC(C)CNCc1cnccc1N(C)C1CCOC1C. The number of anilines is 1. The van der Waals surface area contributed by atoms with Crippen LogP contribution in [0.25, 0.3) is 0 Å². The summed E-state index contributed by atoms with van der Waals surface area (Å²) in [5, 5.41) is 3.50. The normalized spacial score (nSPS) is 22.4. The van der Waals surface area contributed by atoms with Crippen LogP contribution in [0.3, 0.4) is 0 Å². The minimum absolute atomic E-state index is 0.296. The van der Waals surface area contributed by atoms with Crippen molar-refractivity contribution >= 4 is 5.69 Å². The lowest BCUT2D eigenvalue weighted by atomic mass is 10.1. The number of hydrogen-bond donors (Lipinski definition) is 1. The summed E-state index contributed by atoms with van der Waals surface area (Å²) in [6, 6.07) is 2.57. The van der Waals surface area contributed by atoms with Crippen molar-refractivity contribution in [2.75, 3.05) is 25.1 Å². The van der Waals surface area contributed by atoms with Crippen LogP contribution in [-0.2, 0) is 11.3 Å². The van der Waals surface area contributed by atoms with E-state index in [1.54, 1.807) is 0 Å². The first kappa shape index (κ1) is 15.3. The van der Waals surface area contributed by atoms with E-state index in [-0.39, 0.29) is 0 Å². The van der Waals surface area contributed by atoms with Gasteiger partial charge < -0.3 is 15.0 Å². The predicted octanol–water partition coefficient (Wildman–Crippen LogP) is 2.44. The first-order valence-electron chi connectivity index (χ1n) is 7.57. The second kappa shape index (κ2) is 7.04. The van der Waals surface area contributed by atoms with Gasteiger partial charge in [-0.2, -0.15) is 0 Å². The van der Waals surface area contributed by atoms with Gasteiger partial charge in [-0.05, 0) is 31.9 Å². The summed E-state index contributed by atoms with van der Waals surface area (Å²) >= 11 is 0. The zero-order chi connectivity index (χ0) is 14.5. The Labute approximate surface area is 122 Å². The molecule has 0 bridgehead atoms. The van der Waals surface area contributed by atoms with Crippen LogP contribution in [0.2, 0.25) is 0 Å². The van der Waals surface area contributed by atoms with Gasteiger partial charge in [-0.3, -0.25) is 4.98 Å². The number of aromatic nitrogens is 1. The van der Waals surface area contributed by atoms with E-state index in [2.05, 4.69) is 49.1 Å². The highest BCUT2D eigenvalue weighted by molar-refractivity contribution is 5.52. The van der Waals surface area contributed by atoms with Gasteiger partial charge in [0.15, 0.2) is 0 Å². The molecule has 1 saturated heterocycles. The fraction of sp³-hybridized carbons (Fsp3) is 0.688. The summed E-state index contributed by atoms with van der Waals surface area (Å²) in [5.41, 5.74) is 2.52. The molecule has 1 aromatic heterocycles. The topological polar surface area (TPSA) is 37.4 Å². The Hall–Kier alpha value is -1.13. The molecule has 2 unspecified atom stereocenters. The number of ether oxygens (including phenoxy) is 1. The van der Waals surface area contributed by atoms with Crippen molar-refractivity contribution in [3.05, 3.63) is 24.0 Å². The Morgan fingerprint density at radius 2 is 2.30 bits per heavy atom. The zero-order valence-electron chi connectivity index (χ0n) is 13.1. The van der Waals surface area contributed by atoms with Crippen molar-refractivity contribution in [2.45, 2.75) is 45.9 Å². The van der Waals surface area contributed by atoms with E-state index >= 15 is 0 Å². The lowest BCUT2D eigenvalue weighted by Crippen LogP contribution is -2.37. The fourth-order valence-corrected chi connectivity index (χ4v) is 2.80. The third kappa shape index (κ3) is 3.70. The highest BCUT2D eigenvalue weighted by Gasteiger charge is 2.28. The smallest absolute Gasteiger partial charge is 0.0750 e. The maximum Gasteiger partial charge on any atom is 0.0750 e. The summed E-state index contributed by atoms with van der Waals surface area (Å²) in [5.74, 6) is 0.663. The fourth-order valence-electron chi connectivity index (χ4n) is 2.80. The number of pyridine rings is 1. The molecule has 2 atom stereocenters. The van der Waals surface area contributed by atoms with Gasteiger partial charge in [0, 0.05) is 43.8 Å². The number of hydrogen-bond acceptors (Lipinski definition) is 4. The van der Waals surface area contributed by atoms with Crippen LogP contribution in [0.15, 0.2) is 18.5 Å². The van der Waals surface area contributed by atoms with Gasteiger partial charge in [0.2, 0.25) is 0 Å².